The van der Waals surface area contributed by atoms with Gasteiger partial charge in [-0.25, -0.2) is 0 Å². The first-order valence-electron chi connectivity index (χ1n) is 6.33. The molecule has 1 aliphatic carbocycles. The summed E-state index contributed by atoms with van der Waals surface area (Å²) >= 11 is 0. The van der Waals surface area contributed by atoms with Crippen molar-refractivity contribution in [3.8, 4) is 0 Å². The molecule has 0 heterocycles. The van der Waals surface area contributed by atoms with E-state index in [-0.39, 0.29) is 5.91 Å². The Bertz CT molecular complexity index is 386. The molecule has 1 aromatic carbocycles. The number of hydrogen-bond acceptors (Lipinski definition) is 2. The van der Waals surface area contributed by atoms with Crippen LogP contribution in [0.15, 0.2) is 24.3 Å². The minimum atomic E-state index is 0.0174. The van der Waals surface area contributed by atoms with Crippen molar-refractivity contribution in [3.05, 3.63) is 29.8 Å². The van der Waals surface area contributed by atoms with Crippen molar-refractivity contribution in [1.29, 1.82) is 0 Å². The molecule has 1 aromatic rings. The standard InChI is InChI=1S/C14H20N2O/c1-10-4-2-3-5-13(10)16-14(17)11-6-8-12(15)9-7-11/h6-10,13H,2-5,15H2,1H3,(H,16,17)/t10-,13-/m1/s1. The molecule has 0 aliphatic heterocycles. The van der Waals surface area contributed by atoms with Crippen molar-refractivity contribution in [3.63, 3.8) is 0 Å². The molecule has 3 nitrogen and oxygen atoms in total. The molecule has 1 fully saturated rings. The van der Waals surface area contributed by atoms with E-state index in [2.05, 4.69) is 12.2 Å². The Kier molecular flexibility index (Phi) is 3.67. The summed E-state index contributed by atoms with van der Waals surface area (Å²) < 4.78 is 0. The Hall–Kier alpha value is -1.51. The molecular formula is C14H20N2O. The summed E-state index contributed by atoms with van der Waals surface area (Å²) in [4.78, 5) is 12.0. The highest BCUT2D eigenvalue weighted by Crippen LogP contribution is 2.24. The van der Waals surface area contributed by atoms with Crippen LogP contribution < -0.4 is 11.1 Å². The number of rotatable bonds is 2. The number of benzene rings is 1. The van der Waals surface area contributed by atoms with Crippen LogP contribution in [0.5, 0.6) is 0 Å². The van der Waals surface area contributed by atoms with Gasteiger partial charge in [0.2, 0.25) is 0 Å². The molecule has 17 heavy (non-hydrogen) atoms. The van der Waals surface area contributed by atoms with Crippen molar-refractivity contribution < 1.29 is 4.79 Å². The van der Waals surface area contributed by atoms with Crippen LogP contribution in [-0.4, -0.2) is 11.9 Å². The highest BCUT2D eigenvalue weighted by atomic mass is 16.1. The molecule has 0 unspecified atom stereocenters. The van der Waals surface area contributed by atoms with Crippen molar-refractivity contribution >= 4 is 11.6 Å². The SMILES string of the molecule is C[C@@H]1CCCC[C@H]1NC(=O)c1ccc(N)cc1. The topological polar surface area (TPSA) is 55.1 Å². The Balaban J connectivity index is 1.98. The summed E-state index contributed by atoms with van der Waals surface area (Å²) in [7, 11) is 0. The maximum absolute atomic E-state index is 12.0. The van der Waals surface area contributed by atoms with Crippen LogP contribution in [0.3, 0.4) is 0 Å². The van der Waals surface area contributed by atoms with Crippen molar-refractivity contribution in [2.75, 3.05) is 5.73 Å². The maximum Gasteiger partial charge on any atom is 0.251 e. The monoisotopic (exact) mass is 232 g/mol. The molecule has 0 spiro atoms. The molecule has 3 N–H and O–H groups in total. The average molecular weight is 232 g/mol. The van der Waals surface area contributed by atoms with E-state index in [1.54, 1.807) is 24.3 Å². The number of amides is 1. The van der Waals surface area contributed by atoms with Crippen molar-refractivity contribution in [2.24, 2.45) is 5.92 Å². The number of carbonyl (C=O) groups excluding carboxylic acids is 1. The number of carbonyl (C=O) groups is 1. The first kappa shape index (κ1) is 12.0. The molecule has 0 bridgehead atoms. The van der Waals surface area contributed by atoms with Gasteiger partial charge < -0.3 is 11.1 Å². The van der Waals surface area contributed by atoms with Crippen LogP contribution in [-0.2, 0) is 0 Å². The lowest BCUT2D eigenvalue weighted by atomic mass is 9.86. The van der Waals surface area contributed by atoms with E-state index < -0.39 is 0 Å². The minimum Gasteiger partial charge on any atom is -0.399 e. The molecule has 1 amide bonds. The van der Waals surface area contributed by atoms with Gasteiger partial charge in [-0.2, -0.15) is 0 Å². The van der Waals surface area contributed by atoms with Crippen LogP contribution >= 0.6 is 0 Å². The van der Waals surface area contributed by atoms with Crippen molar-refractivity contribution in [1.82, 2.24) is 5.32 Å². The second-order valence-electron chi connectivity index (χ2n) is 4.96. The third-order valence-electron chi connectivity index (χ3n) is 3.60. The number of anilines is 1. The van der Waals surface area contributed by atoms with E-state index in [1.165, 1.54) is 19.3 Å². The van der Waals surface area contributed by atoms with Crippen LogP contribution in [0, 0.1) is 5.92 Å². The smallest absolute Gasteiger partial charge is 0.251 e. The Morgan fingerprint density at radius 1 is 1.24 bits per heavy atom. The largest absolute Gasteiger partial charge is 0.399 e. The number of nitrogens with one attached hydrogen (secondary N) is 1. The van der Waals surface area contributed by atoms with Gasteiger partial charge in [-0.3, -0.25) is 4.79 Å². The van der Waals surface area contributed by atoms with Gasteiger partial charge in [0.25, 0.3) is 5.91 Å². The summed E-state index contributed by atoms with van der Waals surface area (Å²) in [6.07, 6.45) is 4.82. The third-order valence-corrected chi connectivity index (χ3v) is 3.60. The molecule has 2 rings (SSSR count). The minimum absolute atomic E-state index is 0.0174. The molecule has 0 saturated heterocycles. The molecule has 92 valence electrons. The number of nitrogens with two attached hydrogens (primary N) is 1. The first-order chi connectivity index (χ1) is 8.16. The van der Waals surface area contributed by atoms with E-state index in [0.29, 0.717) is 23.2 Å². The van der Waals surface area contributed by atoms with E-state index in [4.69, 9.17) is 5.73 Å². The summed E-state index contributed by atoms with van der Waals surface area (Å²) in [5, 5.41) is 3.12. The lowest BCUT2D eigenvalue weighted by molar-refractivity contribution is 0.0910. The highest BCUT2D eigenvalue weighted by Gasteiger charge is 2.22. The van der Waals surface area contributed by atoms with Gasteiger partial charge in [0.1, 0.15) is 0 Å². The first-order valence-corrected chi connectivity index (χ1v) is 6.33. The van der Waals surface area contributed by atoms with Gasteiger partial charge in [0.15, 0.2) is 0 Å². The summed E-state index contributed by atoms with van der Waals surface area (Å²) in [6, 6.07) is 7.41. The van der Waals surface area contributed by atoms with E-state index in [1.807, 2.05) is 0 Å². The maximum atomic E-state index is 12.0. The van der Waals surface area contributed by atoms with Gasteiger partial charge in [-0.1, -0.05) is 19.8 Å². The predicted octanol–water partition coefficient (Wildman–Crippen LogP) is 2.58. The zero-order valence-corrected chi connectivity index (χ0v) is 10.3. The average Bonchev–Trinajstić information content (AvgIpc) is 2.33. The second kappa shape index (κ2) is 5.21. The van der Waals surface area contributed by atoms with Crippen LogP contribution in [0.1, 0.15) is 43.0 Å². The van der Waals surface area contributed by atoms with Gasteiger partial charge in [0.05, 0.1) is 0 Å². The van der Waals surface area contributed by atoms with Gasteiger partial charge in [-0.05, 0) is 43.0 Å². The zero-order chi connectivity index (χ0) is 12.3. The lowest BCUT2D eigenvalue weighted by Gasteiger charge is -2.29. The zero-order valence-electron chi connectivity index (χ0n) is 10.3. The summed E-state index contributed by atoms with van der Waals surface area (Å²) in [5.74, 6) is 0.602. The molecule has 0 aromatic heterocycles. The normalized spacial score (nSPS) is 24.3. The molecule has 2 atom stereocenters. The third kappa shape index (κ3) is 2.99. The number of hydrogen-bond donors (Lipinski definition) is 2. The van der Waals surface area contributed by atoms with Gasteiger partial charge in [0, 0.05) is 17.3 Å². The second-order valence-corrected chi connectivity index (χ2v) is 4.96. The predicted molar refractivity (Wildman–Crippen MR) is 69.7 cm³/mol. The van der Waals surface area contributed by atoms with Crippen LogP contribution in [0.25, 0.3) is 0 Å². The molecule has 1 saturated carbocycles. The molecule has 3 heteroatoms. The summed E-state index contributed by atoms with van der Waals surface area (Å²) in [6.45, 7) is 2.22. The summed E-state index contributed by atoms with van der Waals surface area (Å²) in [5.41, 5.74) is 6.98. The van der Waals surface area contributed by atoms with Crippen molar-refractivity contribution in [2.45, 2.75) is 38.6 Å². The lowest BCUT2D eigenvalue weighted by Crippen LogP contribution is -2.41. The number of nitrogen functional groups attached to an aromatic ring is 1. The van der Waals surface area contributed by atoms with Crippen LogP contribution in [0.4, 0.5) is 5.69 Å². The fourth-order valence-corrected chi connectivity index (χ4v) is 2.42. The highest BCUT2D eigenvalue weighted by molar-refractivity contribution is 5.94. The molecule has 1 aliphatic rings. The van der Waals surface area contributed by atoms with E-state index in [9.17, 15) is 4.79 Å². The Morgan fingerprint density at radius 3 is 2.53 bits per heavy atom. The fourth-order valence-electron chi connectivity index (χ4n) is 2.42. The van der Waals surface area contributed by atoms with Crippen LogP contribution in [0.2, 0.25) is 0 Å². The van der Waals surface area contributed by atoms with E-state index in [0.717, 1.165) is 6.42 Å². The van der Waals surface area contributed by atoms with Gasteiger partial charge >= 0.3 is 0 Å². The van der Waals surface area contributed by atoms with E-state index >= 15 is 0 Å². The quantitative estimate of drug-likeness (QED) is 0.770. The molecular weight excluding hydrogens is 212 g/mol. The van der Waals surface area contributed by atoms with Gasteiger partial charge in [-0.15, -0.1) is 0 Å². The molecule has 0 radical (unpaired) electrons. The fraction of sp³-hybridized carbons (Fsp3) is 0.500. The Labute approximate surface area is 102 Å². The Morgan fingerprint density at radius 2 is 1.88 bits per heavy atom.